The van der Waals surface area contributed by atoms with Crippen molar-refractivity contribution in [3.63, 3.8) is 0 Å². The van der Waals surface area contributed by atoms with Gasteiger partial charge in [-0.05, 0) is 71.6 Å². The van der Waals surface area contributed by atoms with E-state index in [0.717, 1.165) is 31.2 Å². The number of aliphatic hydroxyl groups excluding tert-OH is 1. The Labute approximate surface area is 273 Å². The fourth-order valence-electron chi connectivity index (χ4n) is 5.02. The number of halogens is 3. The maximum Gasteiger partial charge on any atom is 0.252 e. The molecule has 43 heavy (non-hydrogen) atoms. The largest absolute Gasteiger partial charge is 0.494 e. The number of nitrogens with zero attached hydrogens (tertiary/aromatic N) is 1. The monoisotopic (exact) mass is 724 g/mol. The Balaban J connectivity index is 1.52. The highest BCUT2D eigenvalue weighted by molar-refractivity contribution is 9.10. The molecule has 222 valence electrons. The first kappa shape index (κ1) is 31.3. The summed E-state index contributed by atoms with van der Waals surface area (Å²) in [6.07, 6.45) is 0.743. The van der Waals surface area contributed by atoms with E-state index in [2.05, 4.69) is 37.2 Å². The second-order valence-corrected chi connectivity index (χ2v) is 12.4. The van der Waals surface area contributed by atoms with Crippen LogP contribution in [-0.4, -0.2) is 42.2 Å². The number of rotatable bonds is 12. The van der Waals surface area contributed by atoms with Crippen molar-refractivity contribution in [2.45, 2.75) is 30.9 Å². The summed E-state index contributed by atoms with van der Waals surface area (Å²) in [6, 6.07) is 30.7. The van der Waals surface area contributed by atoms with Gasteiger partial charge in [-0.2, -0.15) is 0 Å². The van der Waals surface area contributed by atoms with Gasteiger partial charge < -0.3 is 19.9 Å². The molecule has 0 saturated heterocycles. The molecule has 2 N–H and O–H groups in total. The van der Waals surface area contributed by atoms with Crippen LogP contribution in [0, 0.1) is 0 Å². The van der Waals surface area contributed by atoms with Crippen molar-refractivity contribution < 1.29 is 19.4 Å². The molecule has 1 aliphatic heterocycles. The summed E-state index contributed by atoms with van der Waals surface area (Å²) in [7, 11) is 0. The molecule has 0 fully saturated rings. The minimum Gasteiger partial charge on any atom is -0.494 e. The normalized spacial score (nSPS) is 17.7. The Morgan fingerprint density at radius 2 is 1.65 bits per heavy atom. The number of amides is 1. The molecule has 0 spiro atoms. The Kier molecular flexibility index (Phi) is 10.6. The number of aliphatic imine (C=N–C) groups is 1. The molecule has 0 aliphatic carbocycles. The topological polar surface area (TPSA) is 80.2 Å². The summed E-state index contributed by atoms with van der Waals surface area (Å²) in [4.78, 5) is 19.5. The standard InChI is InChI=1S/C34H31Br2ClN2O4/c35-27-14-10-24(11-15-27)31-34(22-26-7-1-3-8-29(26)36,33(41)38-19-18-23-6-2-4-9-30(23)37)39-32(43-31)25-12-16-28(17-13-25)42-21-5-20-40/h1-4,6-17,31,40H,5,18-22H2,(H,38,41)/t31-,34-/m1/s1. The lowest BCUT2D eigenvalue weighted by Gasteiger charge is -2.31. The maximum atomic E-state index is 14.4. The van der Waals surface area contributed by atoms with E-state index in [1.165, 1.54) is 0 Å². The molecule has 4 aromatic carbocycles. The first-order valence-corrected chi connectivity index (χ1v) is 16.0. The van der Waals surface area contributed by atoms with Crippen LogP contribution in [0.25, 0.3) is 0 Å². The van der Waals surface area contributed by atoms with Gasteiger partial charge in [-0.3, -0.25) is 4.79 Å². The van der Waals surface area contributed by atoms with E-state index < -0.39 is 11.6 Å². The molecule has 1 heterocycles. The quantitative estimate of drug-likeness (QED) is 0.149. The van der Waals surface area contributed by atoms with Crippen LogP contribution < -0.4 is 10.1 Å². The van der Waals surface area contributed by atoms with Crippen LogP contribution in [0.15, 0.2) is 111 Å². The van der Waals surface area contributed by atoms with Gasteiger partial charge in [-0.1, -0.05) is 92.0 Å². The SMILES string of the molecule is O=C(NCCc1ccccc1Cl)[C@]1(Cc2ccccc2Br)N=C(c2ccc(OCCCO)cc2)O[C@@H]1c1ccc(Br)cc1. The summed E-state index contributed by atoms with van der Waals surface area (Å²) in [5.74, 6) is 0.822. The van der Waals surface area contributed by atoms with E-state index in [4.69, 9.17) is 31.2 Å². The molecule has 0 radical (unpaired) electrons. The number of benzene rings is 4. The van der Waals surface area contributed by atoms with Gasteiger partial charge in [0.15, 0.2) is 11.6 Å². The molecule has 0 bridgehead atoms. The van der Waals surface area contributed by atoms with Crippen LogP contribution >= 0.6 is 43.5 Å². The predicted octanol–water partition coefficient (Wildman–Crippen LogP) is 7.48. The third-order valence-electron chi connectivity index (χ3n) is 7.26. The molecule has 1 amide bonds. The Hall–Kier alpha value is -3.17. The minimum absolute atomic E-state index is 0.0697. The van der Waals surface area contributed by atoms with Gasteiger partial charge in [0.1, 0.15) is 5.75 Å². The van der Waals surface area contributed by atoms with E-state index in [1.807, 2.05) is 97.1 Å². The molecule has 9 heteroatoms. The lowest BCUT2D eigenvalue weighted by molar-refractivity contribution is -0.128. The van der Waals surface area contributed by atoms with E-state index in [0.29, 0.717) is 49.1 Å². The van der Waals surface area contributed by atoms with Crippen LogP contribution in [0.1, 0.15) is 34.8 Å². The van der Waals surface area contributed by atoms with E-state index >= 15 is 0 Å². The van der Waals surface area contributed by atoms with Crippen LogP contribution in [0.4, 0.5) is 0 Å². The molecule has 2 atom stereocenters. The van der Waals surface area contributed by atoms with Crippen molar-refractivity contribution >= 4 is 55.3 Å². The average molecular weight is 727 g/mol. The highest BCUT2D eigenvalue weighted by Crippen LogP contribution is 2.43. The van der Waals surface area contributed by atoms with Gasteiger partial charge in [-0.25, -0.2) is 4.99 Å². The molecule has 1 aliphatic rings. The van der Waals surface area contributed by atoms with Crippen LogP contribution in [0.2, 0.25) is 5.02 Å². The predicted molar refractivity (Wildman–Crippen MR) is 177 cm³/mol. The molecular formula is C34H31Br2ClN2O4. The second kappa shape index (κ2) is 14.5. The number of carbonyl (C=O) groups excluding carboxylic acids is 1. The Bertz CT molecular complexity index is 1580. The van der Waals surface area contributed by atoms with Gasteiger partial charge in [0.2, 0.25) is 5.90 Å². The summed E-state index contributed by atoms with van der Waals surface area (Å²) in [6.45, 7) is 0.876. The first-order chi connectivity index (χ1) is 20.9. The average Bonchev–Trinajstić information content (AvgIpc) is 3.40. The molecule has 0 saturated carbocycles. The van der Waals surface area contributed by atoms with Gasteiger partial charge in [0.25, 0.3) is 5.91 Å². The van der Waals surface area contributed by atoms with Gasteiger partial charge in [-0.15, -0.1) is 0 Å². The summed E-state index contributed by atoms with van der Waals surface area (Å²) >= 11 is 13.6. The Morgan fingerprint density at radius 1 is 0.953 bits per heavy atom. The van der Waals surface area contributed by atoms with Crippen molar-refractivity contribution in [2.24, 2.45) is 4.99 Å². The summed E-state index contributed by atoms with van der Waals surface area (Å²) < 4.78 is 14.1. The van der Waals surface area contributed by atoms with Crippen LogP contribution in [0.5, 0.6) is 5.75 Å². The lowest BCUT2D eigenvalue weighted by Crippen LogP contribution is -2.50. The third-order valence-corrected chi connectivity index (χ3v) is 8.93. The van der Waals surface area contributed by atoms with Gasteiger partial charge in [0, 0.05) is 45.5 Å². The number of hydrogen-bond acceptors (Lipinski definition) is 5. The maximum absolute atomic E-state index is 14.4. The zero-order valence-corrected chi connectivity index (χ0v) is 27.2. The number of hydrogen-bond donors (Lipinski definition) is 2. The molecular weight excluding hydrogens is 696 g/mol. The van der Waals surface area contributed by atoms with Crippen LogP contribution in [0.3, 0.4) is 0 Å². The smallest absolute Gasteiger partial charge is 0.252 e. The van der Waals surface area contributed by atoms with E-state index in [9.17, 15) is 4.79 Å². The highest BCUT2D eigenvalue weighted by Gasteiger charge is 2.53. The highest BCUT2D eigenvalue weighted by atomic mass is 79.9. The van der Waals surface area contributed by atoms with Crippen molar-refractivity contribution in [1.82, 2.24) is 5.32 Å². The fourth-order valence-corrected chi connectivity index (χ4v) is 5.94. The summed E-state index contributed by atoms with van der Waals surface area (Å²) in [5.41, 5.74) is 2.16. The van der Waals surface area contributed by atoms with Crippen molar-refractivity contribution in [1.29, 1.82) is 0 Å². The zero-order valence-electron chi connectivity index (χ0n) is 23.3. The number of carbonyl (C=O) groups is 1. The third kappa shape index (κ3) is 7.50. The molecule has 0 aromatic heterocycles. The van der Waals surface area contributed by atoms with E-state index in [-0.39, 0.29) is 12.5 Å². The van der Waals surface area contributed by atoms with Crippen molar-refractivity contribution in [3.8, 4) is 5.75 Å². The lowest BCUT2D eigenvalue weighted by atomic mass is 9.82. The minimum atomic E-state index is -1.30. The van der Waals surface area contributed by atoms with Gasteiger partial charge in [0.05, 0.1) is 6.61 Å². The summed E-state index contributed by atoms with van der Waals surface area (Å²) in [5, 5.41) is 12.9. The Morgan fingerprint density at radius 3 is 2.35 bits per heavy atom. The zero-order chi connectivity index (χ0) is 30.2. The number of nitrogens with one attached hydrogen (secondary N) is 1. The van der Waals surface area contributed by atoms with Crippen LogP contribution in [-0.2, 0) is 22.4 Å². The van der Waals surface area contributed by atoms with Crippen molar-refractivity contribution in [2.75, 3.05) is 19.8 Å². The van der Waals surface area contributed by atoms with E-state index in [1.54, 1.807) is 0 Å². The van der Waals surface area contributed by atoms with Crippen molar-refractivity contribution in [3.05, 3.63) is 133 Å². The first-order valence-electron chi connectivity index (χ1n) is 14.0. The second-order valence-electron chi connectivity index (χ2n) is 10.2. The fraction of sp³-hybridized carbons (Fsp3) is 0.235. The molecule has 4 aromatic rings. The molecule has 5 rings (SSSR count). The molecule has 0 unspecified atom stereocenters. The molecule has 6 nitrogen and oxygen atoms in total. The van der Waals surface area contributed by atoms with Gasteiger partial charge >= 0.3 is 0 Å². The number of aliphatic hydroxyl groups is 1. The number of ether oxygens (including phenoxy) is 2.